The lowest BCUT2D eigenvalue weighted by Crippen LogP contribution is -2.38. The van der Waals surface area contributed by atoms with Crippen molar-refractivity contribution < 1.29 is 13.2 Å². The van der Waals surface area contributed by atoms with Gasteiger partial charge in [-0.2, -0.15) is 4.31 Å². The first-order chi connectivity index (χ1) is 8.55. The topological polar surface area (TPSA) is 54.5 Å². The zero-order chi connectivity index (χ0) is 13.2. The second-order valence-electron chi connectivity index (χ2n) is 4.31. The predicted molar refractivity (Wildman–Crippen MR) is 69.0 cm³/mol. The summed E-state index contributed by atoms with van der Waals surface area (Å²) in [6.45, 7) is 0.744. The number of halogens is 1. The van der Waals surface area contributed by atoms with E-state index in [0.717, 1.165) is 6.29 Å². The molecule has 6 heteroatoms. The number of rotatable bonds is 3. The molecule has 1 fully saturated rings. The predicted octanol–water partition coefficient (Wildman–Crippen LogP) is 1.94. The van der Waals surface area contributed by atoms with Crippen molar-refractivity contribution in [3.05, 3.63) is 29.3 Å². The van der Waals surface area contributed by atoms with E-state index in [9.17, 15) is 13.2 Å². The third kappa shape index (κ3) is 2.58. The summed E-state index contributed by atoms with van der Waals surface area (Å²) >= 11 is 5.92. The van der Waals surface area contributed by atoms with Crippen LogP contribution in [0.1, 0.15) is 12.8 Å². The fourth-order valence-electron chi connectivity index (χ4n) is 2.05. The molecule has 0 saturated carbocycles. The number of hydrogen-bond acceptors (Lipinski definition) is 3. The van der Waals surface area contributed by atoms with E-state index < -0.39 is 10.0 Å². The summed E-state index contributed by atoms with van der Waals surface area (Å²) in [4.78, 5) is 10.8. The summed E-state index contributed by atoms with van der Waals surface area (Å²) in [5.41, 5.74) is 0. The average Bonchev–Trinajstić information content (AvgIpc) is 2.39. The largest absolute Gasteiger partial charge is 0.303 e. The highest BCUT2D eigenvalue weighted by atomic mass is 35.5. The molecule has 2 rings (SSSR count). The van der Waals surface area contributed by atoms with Crippen LogP contribution < -0.4 is 0 Å². The molecule has 18 heavy (non-hydrogen) atoms. The van der Waals surface area contributed by atoms with Crippen LogP contribution in [-0.4, -0.2) is 32.1 Å². The minimum Gasteiger partial charge on any atom is -0.303 e. The maximum atomic E-state index is 12.4. The molecule has 4 nitrogen and oxygen atoms in total. The second kappa shape index (κ2) is 5.38. The second-order valence-corrected chi connectivity index (χ2v) is 6.62. The van der Waals surface area contributed by atoms with Gasteiger partial charge >= 0.3 is 0 Å². The Kier molecular flexibility index (Phi) is 4.04. The van der Waals surface area contributed by atoms with E-state index in [0.29, 0.717) is 25.9 Å². The van der Waals surface area contributed by atoms with Crippen molar-refractivity contribution in [1.82, 2.24) is 4.31 Å². The molecular formula is C12H14ClNO3S. The number of nitrogens with zero attached hydrogens (tertiary/aromatic N) is 1. The van der Waals surface area contributed by atoms with Gasteiger partial charge in [-0.1, -0.05) is 23.7 Å². The summed E-state index contributed by atoms with van der Waals surface area (Å²) in [6, 6.07) is 6.41. The first-order valence-corrected chi connectivity index (χ1v) is 7.57. The summed E-state index contributed by atoms with van der Waals surface area (Å²) in [5, 5.41) is 0.231. The van der Waals surface area contributed by atoms with Gasteiger partial charge < -0.3 is 4.79 Å². The third-order valence-electron chi connectivity index (χ3n) is 3.15. The Bertz CT molecular complexity index is 536. The van der Waals surface area contributed by atoms with Crippen molar-refractivity contribution >= 4 is 27.9 Å². The third-order valence-corrected chi connectivity index (χ3v) is 5.54. The fraction of sp³-hybridized carbons (Fsp3) is 0.417. The van der Waals surface area contributed by atoms with E-state index in [1.54, 1.807) is 18.2 Å². The van der Waals surface area contributed by atoms with E-state index in [1.807, 2.05) is 0 Å². The van der Waals surface area contributed by atoms with Gasteiger partial charge in [0.25, 0.3) is 0 Å². The molecule has 1 aliphatic heterocycles. The Morgan fingerprint density at radius 3 is 2.39 bits per heavy atom. The van der Waals surface area contributed by atoms with Crippen LogP contribution in [0.15, 0.2) is 29.2 Å². The fourth-order valence-corrected chi connectivity index (χ4v) is 4.01. The van der Waals surface area contributed by atoms with Crippen LogP contribution in [-0.2, 0) is 14.8 Å². The lowest BCUT2D eigenvalue weighted by Gasteiger charge is -2.29. The molecule has 0 aromatic heterocycles. The zero-order valence-electron chi connectivity index (χ0n) is 9.75. The molecule has 98 valence electrons. The van der Waals surface area contributed by atoms with Crippen LogP contribution in [0.25, 0.3) is 0 Å². The Morgan fingerprint density at radius 1 is 1.22 bits per heavy atom. The first-order valence-electron chi connectivity index (χ1n) is 5.75. The van der Waals surface area contributed by atoms with Crippen LogP contribution in [0, 0.1) is 5.92 Å². The molecule has 0 unspecified atom stereocenters. The van der Waals surface area contributed by atoms with Crippen LogP contribution in [0.2, 0.25) is 5.02 Å². The first kappa shape index (κ1) is 13.5. The van der Waals surface area contributed by atoms with Gasteiger partial charge in [-0.3, -0.25) is 0 Å². The Labute approximate surface area is 112 Å². The molecule has 1 heterocycles. The summed E-state index contributed by atoms with van der Waals surface area (Å²) in [6.07, 6.45) is 2.06. The monoisotopic (exact) mass is 287 g/mol. The molecule has 1 saturated heterocycles. The lowest BCUT2D eigenvalue weighted by atomic mass is 10.0. The Balaban J connectivity index is 2.23. The number of carbonyl (C=O) groups is 1. The van der Waals surface area contributed by atoms with Crippen LogP contribution in [0.4, 0.5) is 0 Å². The molecule has 0 atom stereocenters. The van der Waals surface area contributed by atoms with Gasteiger partial charge in [-0.25, -0.2) is 8.42 Å². The van der Waals surface area contributed by atoms with E-state index >= 15 is 0 Å². The van der Waals surface area contributed by atoms with Crippen molar-refractivity contribution in [3.8, 4) is 0 Å². The Hall–Kier alpha value is -0.910. The maximum Gasteiger partial charge on any atom is 0.244 e. The minimum absolute atomic E-state index is 0.0253. The molecule has 0 N–H and O–H groups in total. The number of carbonyl (C=O) groups excluding carboxylic acids is 1. The zero-order valence-corrected chi connectivity index (χ0v) is 11.3. The summed E-state index contributed by atoms with van der Waals surface area (Å²) in [5.74, 6) is -0.0253. The quantitative estimate of drug-likeness (QED) is 0.798. The highest BCUT2D eigenvalue weighted by molar-refractivity contribution is 7.89. The molecule has 0 bridgehead atoms. The van der Waals surface area contributed by atoms with Crippen LogP contribution in [0.3, 0.4) is 0 Å². The van der Waals surface area contributed by atoms with Crippen molar-refractivity contribution in [1.29, 1.82) is 0 Å². The highest BCUT2D eigenvalue weighted by Gasteiger charge is 2.30. The standard InChI is InChI=1S/C12H14ClNO3S/c13-11-3-1-2-4-12(11)18(16,17)14-7-5-10(9-15)6-8-14/h1-4,9-10H,5-8H2. The van der Waals surface area contributed by atoms with E-state index in [2.05, 4.69) is 0 Å². The Morgan fingerprint density at radius 2 is 1.83 bits per heavy atom. The van der Waals surface area contributed by atoms with Crippen molar-refractivity contribution in [2.75, 3.05) is 13.1 Å². The normalized spacial score (nSPS) is 18.7. The molecule has 0 spiro atoms. The molecule has 1 aromatic carbocycles. The van der Waals surface area contributed by atoms with Gasteiger partial charge in [0.1, 0.15) is 11.2 Å². The molecule has 1 aromatic rings. The van der Waals surface area contributed by atoms with Crippen molar-refractivity contribution in [2.45, 2.75) is 17.7 Å². The summed E-state index contributed by atoms with van der Waals surface area (Å²) in [7, 11) is -3.54. The van der Waals surface area contributed by atoms with Gasteiger partial charge in [-0.15, -0.1) is 0 Å². The minimum atomic E-state index is -3.54. The highest BCUT2D eigenvalue weighted by Crippen LogP contribution is 2.27. The number of sulfonamides is 1. The average molecular weight is 288 g/mol. The van der Waals surface area contributed by atoms with Gasteiger partial charge in [0.05, 0.1) is 5.02 Å². The molecule has 0 amide bonds. The molecule has 1 aliphatic rings. The van der Waals surface area contributed by atoms with Crippen LogP contribution >= 0.6 is 11.6 Å². The molecule has 0 aliphatic carbocycles. The van der Waals surface area contributed by atoms with Crippen LogP contribution in [0.5, 0.6) is 0 Å². The van der Waals surface area contributed by atoms with E-state index in [-0.39, 0.29) is 15.8 Å². The number of benzene rings is 1. The van der Waals surface area contributed by atoms with Gasteiger partial charge in [0, 0.05) is 19.0 Å². The van der Waals surface area contributed by atoms with Gasteiger partial charge in [0.15, 0.2) is 0 Å². The summed E-state index contributed by atoms with van der Waals surface area (Å²) < 4.78 is 26.1. The lowest BCUT2D eigenvalue weighted by molar-refractivity contribution is -0.112. The van der Waals surface area contributed by atoms with Crippen molar-refractivity contribution in [3.63, 3.8) is 0 Å². The molecule has 0 radical (unpaired) electrons. The van der Waals surface area contributed by atoms with Gasteiger partial charge in [0.2, 0.25) is 10.0 Å². The van der Waals surface area contributed by atoms with Gasteiger partial charge in [-0.05, 0) is 25.0 Å². The number of hydrogen-bond donors (Lipinski definition) is 0. The molecular weight excluding hydrogens is 274 g/mol. The SMILES string of the molecule is O=CC1CCN(S(=O)(=O)c2ccccc2Cl)CC1. The number of piperidine rings is 1. The number of aldehydes is 1. The smallest absolute Gasteiger partial charge is 0.244 e. The van der Waals surface area contributed by atoms with Crippen molar-refractivity contribution in [2.24, 2.45) is 5.92 Å². The maximum absolute atomic E-state index is 12.4. The van der Waals surface area contributed by atoms with E-state index in [1.165, 1.54) is 10.4 Å². The van der Waals surface area contributed by atoms with E-state index in [4.69, 9.17) is 11.6 Å².